The predicted octanol–water partition coefficient (Wildman–Crippen LogP) is 2.89. The molecule has 5 nitrogen and oxygen atoms in total. The average molecular weight is 392 g/mol. The molecule has 0 aliphatic heterocycles. The summed E-state index contributed by atoms with van der Waals surface area (Å²) in [5.74, 6) is 0.891. The SMILES string of the molecule is Cc1ccc(CNC(=O)CCS(=O)(=O)c2ccc(Br)s2)o1. The van der Waals surface area contributed by atoms with Gasteiger partial charge in [-0.15, -0.1) is 11.3 Å². The Morgan fingerprint density at radius 2 is 2.10 bits per heavy atom. The van der Waals surface area contributed by atoms with Gasteiger partial charge in [0, 0.05) is 6.42 Å². The van der Waals surface area contributed by atoms with Gasteiger partial charge >= 0.3 is 0 Å². The lowest BCUT2D eigenvalue weighted by Gasteiger charge is -2.04. The van der Waals surface area contributed by atoms with Crippen LogP contribution >= 0.6 is 27.3 Å². The van der Waals surface area contributed by atoms with Crippen molar-refractivity contribution < 1.29 is 17.6 Å². The first-order valence-corrected chi connectivity index (χ1v) is 9.43. The summed E-state index contributed by atoms with van der Waals surface area (Å²) in [6.07, 6.45) is -0.0719. The molecule has 0 fully saturated rings. The van der Waals surface area contributed by atoms with E-state index in [1.807, 2.05) is 6.92 Å². The molecule has 1 amide bonds. The number of aryl methyl sites for hydroxylation is 1. The summed E-state index contributed by atoms with van der Waals surface area (Å²) >= 11 is 4.36. The van der Waals surface area contributed by atoms with Gasteiger partial charge < -0.3 is 9.73 Å². The maximum atomic E-state index is 12.0. The molecule has 0 aromatic carbocycles. The van der Waals surface area contributed by atoms with Crippen LogP contribution in [0.4, 0.5) is 0 Å². The third kappa shape index (κ3) is 4.69. The van der Waals surface area contributed by atoms with Crippen LogP contribution in [0.1, 0.15) is 17.9 Å². The van der Waals surface area contributed by atoms with Crippen molar-refractivity contribution in [2.24, 2.45) is 0 Å². The number of carbonyl (C=O) groups excluding carboxylic acids is 1. The average Bonchev–Trinajstić information content (AvgIpc) is 3.03. The fraction of sp³-hybridized carbons (Fsp3) is 0.308. The van der Waals surface area contributed by atoms with E-state index in [0.717, 1.165) is 20.9 Å². The minimum Gasteiger partial charge on any atom is -0.465 e. The molecule has 114 valence electrons. The molecule has 8 heteroatoms. The zero-order valence-electron chi connectivity index (χ0n) is 11.3. The third-order valence-corrected chi connectivity index (χ3v) is 6.63. The van der Waals surface area contributed by atoms with Crippen molar-refractivity contribution in [2.45, 2.75) is 24.1 Å². The second-order valence-electron chi connectivity index (χ2n) is 4.42. The van der Waals surface area contributed by atoms with Crippen molar-refractivity contribution in [3.63, 3.8) is 0 Å². The fourth-order valence-corrected chi connectivity index (χ4v) is 5.05. The highest BCUT2D eigenvalue weighted by molar-refractivity contribution is 9.11. The van der Waals surface area contributed by atoms with Crippen molar-refractivity contribution in [1.82, 2.24) is 5.32 Å². The van der Waals surface area contributed by atoms with E-state index < -0.39 is 9.84 Å². The number of thiophene rings is 1. The number of furan rings is 1. The molecule has 0 atom stereocenters. The number of rotatable bonds is 6. The second kappa shape index (κ2) is 6.76. The number of nitrogens with one attached hydrogen (secondary N) is 1. The van der Waals surface area contributed by atoms with Crippen molar-refractivity contribution in [3.8, 4) is 0 Å². The minimum atomic E-state index is -3.41. The molecule has 0 radical (unpaired) electrons. The van der Waals surface area contributed by atoms with Crippen LogP contribution in [-0.4, -0.2) is 20.1 Å². The van der Waals surface area contributed by atoms with Gasteiger partial charge in [0.2, 0.25) is 5.91 Å². The van der Waals surface area contributed by atoms with Crippen molar-refractivity contribution in [1.29, 1.82) is 0 Å². The van der Waals surface area contributed by atoms with E-state index in [4.69, 9.17) is 4.42 Å². The standard InChI is InChI=1S/C13H14BrNO4S2/c1-9-2-3-10(19-9)8-15-12(16)6-7-21(17,18)13-5-4-11(14)20-13/h2-5H,6-8H2,1H3,(H,15,16). The van der Waals surface area contributed by atoms with Crippen molar-refractivity contribution in [2.75, 3.05) is 5.75 Å². The number of hydrogen-bond donors (Lipinski definition) is 1. The maximum absolute atomic E-state index is 12.0. The highest BCUT2D eigenvalue weighted by atomic mass is 79.9. The van der Waals surface area contributed by atoms with Gasteiger partial charge in [-0.25, -0.2) is 8.42 Å². The Hall–Kier alpha value is -1.12. The quantitative estimate of drug-likeness (QED) is 0.820. The molecule has 0 unspecified atom stereocenters. The molecule has 21 heavy (non-hydrogen) atoms. The van der Waals surface area contributed by atoms with Gasteiger partial charge in [0.1, 0.15) is 15.7 Å². The lowest BCUT2D eigenvalue weighted by atomic mass is 10.4. The Kier molecular flexibility index (Phi) is 5.23. The Labute approximate surface area is 135 Å². The first-order chi connectivity index (χ1) is 9.87. The van der Waals surface area contributed by atoms with E-state index >= 15 is 0 Å². The molecular weight excluding hydrogens is 378 g/mol. The molecule has 2 aromatic heterocycles. The zero-order chi connectivity index (χ0) is 15.5. The summed E-state index contributed by atoms with van der Waals surface area (Å²) in [4.78, 5) is 11.7. The molecule has 2 aromatic rings. The minimum absolute atomic E-state index is 0.0719. The molecule has 0 bridgehead atoms. The Morgan fingerprint density at radius 1 is 1.33 bits per heavy atom. The number of sulfone groups is 1. The van der Waals surface area contributed by atoms with Crippen LogP contribution in [0.5, 0.6) is 0 Å². The summed E-state index contributed by atoms with van der Waals surface area (Å²) < 4.78 is 30.4. The summed E-state index contributed by atoms with van der Waals surface area (Å²) in [6.45, 7) is 2.08. The molecule has 0 saturated carbocycles. The van der Waals surface area contributed by atoms with Crippen LogP contribution in [0.15, 0.2) is 36.7 Å². The van der Waals surface area contributed by atoms with E-state index in [2.05, 4.69) is 21.2 Å². The van der Waals surface area contributed by atoms with E-state index in [1.54, 1.807) is 18.2 Å². The van der Waals surface area contributed by atoms with Gasteiger partial charge in [-0.1, -0.05) is 0 Å². The lowest BCUT2D eigenvalue weighted by molar-refractivity contribution is -0.120. The second-order valence-corrected chi connectivity index (χ2v) is 9.22. The van der Waals surface area contributed by atoms with Crippen LogP contribution in [-0.2, 0) is 21.2 Å². The Balaban J connectivity index is 1.83. The van der Waals surface area contributed by atoms with Gasteiger partial charge in [0.05, 0.1) is 16.1 Å². The number of amides is 1. The third-order valence-electron chi connectivity index (χ3n) is 2.71. The van der Waals surface area contributed by atoms with Gasteiger partial charge in [-0.05, 0) is 47.1 Å². The van der Waals surface area contributed by atoms with Crippen LogP contribution in [0.25, 0.3) is 0 Å². The fourth-order valence-electron chi connectivity index (χ4n) is 1.65. The van der Waals surface area contributed by atoms with E-state index in [9.17, 15) is 13.2 Å². The summed E-state index contributed by atoms with van der Waals surface area (Å²) in [7, 11) is -3.41. The summed E-state index contributed by atoms with van der Waals surface area (Å²) in [6, 6.07) is 6.79. The number of halogens is 1. The van der Waals surface area contributed by atoms with Crippen LogP contribution < -0.4 is 5.32 Å². The molecule has 0 aliphatic carbocycles. The summed E-state index contributed by atoms with van der Waals surface area (Å²) in [5, 5.41) is 2.64. The van der Waals surface area contributed by atoms with Crippen LogP contribution in [0, 0.1) is 6.92 Å². The van der Waals surface area contributed by atoms with Crippen LogP contribution in [0.3, 0.4) is 0 Å². The van der Waals surface area contributed by atoms with E-state index in [0.29, 0.717) is 5.76 Å². The summed E-state index contributed by atoms with van der Waals surface area (Å²) in [5.41, 5.74) is 0. The topological polar surface area (TPSA) is 76.4 Å². The molecule has 1 N–H and O–H groups in total. The highest BCUT2D eigenvalue weighted by Gasteiger charge is 2.18. The van der Waals surface area contributed by atoms with Gasteiger partial charge in [0.15, 0.2) is 9.84 Å². The van der Waals surface area contributed by atoms with Gasteiger partial charge in [-0.2, -0.15) is 0 Å². The maximum Gasteiger partial charge on any atom is 0.221 e. The predicted molar refractivity (Wildman–Crippen MR) is 84.0 cm³/mol. The number of carbonyl (C=O) groups is 1. The number of hydrogen-bond acceptors (Lipinski definition) is 5. The normalized spacial score (nSPS) is 11.5. The highest BCUT2D eigenvalue weighted by Crippen LogP contribution is 2.27. The molecule has 0 aliphatic rings. The Morgan fingerprint density at radius 3 is 2.67 bits per heavy atom. The van der Waals surface area contributed by atoms with Crippen LogP contribution in [0.2, 0.25) is 0 Å². The largest absolute Gasteiger partial charge is 0.465 e. The first-order valence-electron chi connectivity index (χ1n) is 6.17. The Bertz CT molecular complexity index is 733. The van der Waals surface area contributed by atoms with Crippen molar-refractivity contribution >= 4 is 43.0 Å². The van der Waals surface area contributed by atoms with Crippen molar-refractivity contribution in [3.05, 3.63) is 39.6 Å². The smallest absolute Gasteiger partial charge is 0.221 e. The molecule has 2 heterocycles. The van der Waals surface area contributed by atoms with E-state index in [-0.39, 0.29) is 28.8 Å². The molecule has 2 rings (SSSR count). The molecule has 0 saturated heterocycles. The zero-order valence-corrected chi connectivity index (χ0v) is 14.5. The molecular formula is C13H14BrNO4S2. The monoisotopic (exact) mass is 391 g/mol. The van der Waals surface area contributed by atoms with Gasteiger partial charge in [0.25, 0.3) is 0 Å². The molecule has 0 spiro atoms. The van der Waals surface area contributed by atoms with E-state index in [1.165, 1.54) is 6.07 Å². The van der Waals surface area contributed by atoms with Gasteiger partial charge in [-0.3, -0.25) is 4.79 Å². The first kappa shape index (κ1) is 16.3. The lowest BCUT2D eigenvalue weighted by Crippen LogP contribution is -2.24.